The Hall–Kier alpha value is -2.32. The molecule has 178 valence electrons. The molecular weight excluding hydrogens is 447 g/mol. The average Bonchev–Trinajstić information content (AvgIpc) is 2.82. The van der Waals surface area contributed by atoms with Gasteiger partial charge in [-0.2, -0.15) is 13.2 Å². The Balaban J connectivity index is 1.38. The minimum absolute atomic E-state index is 0.375. The van der Waals surface area contributed by atoms with E-state index < -0.39 is 11.7 Å². The van der Waals surface area contributed by atoms with Crippen LogP contribution in [0.4, 0.5) is 13.2 Å². The third-order valence-electron chi connectivity index (χ3n) is 5.42. The van der Waals surface area contributed by atoms with E-state index in [0.717, 1.165) is 78.5 Å². The maximum Gasteiger partial charge on any atom is 0.416 e. The predicted octanol–water partition coefficient (Wildman–Crippen LogP) is 6.83. The average molecular weight is 478 g/mol. The summed E-state index contributed by atoms with van der Waals surface area (Å²) in [6.45, 7) is 7.79. The van der Waals surface area contributed by atoms with Crippen molar-refractivity contribution < 1.29 is 17.9 Å². The van der Waals surface area contributed by atoms with E-state index in [2.05, 4.69) is 28.7 Å². The van der Waals surface area contributed by atoms with Gasteiger partial charge >= 0.3 is 6.18 Å². The molecule has 0 aliphatic carbocycles. The second-order valence-electron chi connectivity index (χ2n) is 7.74. The van der Waals surface area contributed by atoms with Crippen LogP contribution in [0.1, 0.15) is 44.4 Å². The normalized spacial score (nSPS) is 11.9. The van der Waals surface area contributed by atoms with Gasteiger partial charge in [0.25, 0.3) is 0 Å². The van der Waals surface area contributed by atoms with Crippen molar-refractivity contribution >= 4 is 22.7 Å². The van der Waals surface area contributed by atoms with Crippen LogP contribution < -0.4 is 4.74 Å². The maximum atomic E-state index is 12.9. The number of thioether (sulfide) groups is 1. The van der Waals surface area contributed by atoms with Gasteiger partial charge in [-0.15, -0.1) is 11.8 Å². The summed E-state index contributed by atoms with van der Waals surface area (Å²) in [5.74, 6) is 1.68. The van der Waals surface area contributed by atoms with Gasteiger partial charge in [-0.05, 0) is 68.4 Å². The van der Waals surface area contributed by atoms with Crippen LogP contribution in [-0.2, 0) is 12.7 Å². The van der Waals surface area contributed by atoms with E-state index in [1.54, 1.807) is 24.2 Å². The molecular formula is C25H30F3N3OS. The summed E-state index contributed by atoms with van der Waals surface area (Å²) in [5.41, 5.74) is 0.750. The van der Waals surface area contributed by atoms with Gasteiger partial charge in [0, 0.05) is 23.0 Å². The molecule has 8 heteroatoms. The molecule has 0 radical (unpaired) electrons. The highest BCUT2D eigenvalue weighted by atomic mass is 32.2. The topological polar surface area (TPSA) is 38.2 Å². The van der Waals surface area contributed by atoms with Crippen molar-refractivity contribution in [2.45, 2.75) is 50.7 Å². The van der Waals surface area contributed by atoms with Gasteiger partial charge in [0.2, 0.25) is 0 Å². The molecule has 0 unspecified atom stereocenters. The molecule has 0 bridgehead atoms. The Bertz CT molecular complexity index is 1010. The number of alkyl halides is 3. The predicted molar refractivity (Wildman–Crippen MR) is 128 cm³/mol. The number of unbranched alkanes of at least 4 members (excludes halogenated alkanes) is 2. The fourth-order valence-corrected chi connectivity index (χ4v) is 4.50. The van der Waals surface area contributed by atoms with Crippen molar-refractivity contribution in [3.63, 3.8) is 0 Å². The molecule has 0 atom stereocenters. The van der Waals surface area contributed by atoms with Crippen LogP contribution in [0, 0.1) is 0 Å². The molecule has 2 aromatic heterocycles. The first-order valence-corrected chi connectivity index (χ1v) is 12.3. The van der Waals surface area contributed by atoms with Gasteiger partial charge in [0.15, 0.2) is 0 Å². The number of hydrogen-bond acceptors (Lipinski definition) is 5. The molecule has 0 aliphatic heterocycles. The van der Waals surface area contributed by atoms with Gasteiger partial charge in [-0.25, -0.2) is 0 Å². The monoisotopic (exact) mass is 477 g/mol. The molecule has 0 saturated heterocycles. The number of nitrogens with zero attached hydrogens (tertiary/aromatic N) is 3. The van der Waals surface area contributed by atoms with Crippen LogP contribution >= 0.6 is 11.8 Å². The van der Waals surface area contributed by atoms with Gasteiger partial charge in [-0.1, -0.05) is 19.9 Å². The highest BCUT2D eigenvalue weighted by molar-refractivity contribution is 7.99. The Morgan fingerprint density at radius 2 is 1.79 bits per heavy atom. The number of benzene rings is 1. The molecule has 3 rings (SSSR count). The molecule has 2 heterocycles. The zero-order valence-corrected chi connectivity index (χ0v) is 19.9. The Labute approximate surface area is 197 Å². The van der Waals surface area contributed by atoms with Crippen molar-refractivity contribution in [1.29, 1.82) is 0 Å². The SMILES string of the molecule is CCN(CC)Cc1ccc(OCCCCCSc2ccnc3cc(C(F)(F)F)ccc23)cn1. The van der Waals surface area contributed by atoms with E-state index in [9.17, 15) is 13.2 Å². The zero-order valence-electron chi connectivity index (χ0n) is 19.1. The largest absolute Gasteiger partial charge is 0.492 e. The van der Waals surface area contributed by atoms with Gasteiger partial charge < -0.3 is 4.74 Å². The lowest BCUT2D eigenvalue weighted by molar-refractivity contribution is -0.137. The second-order valence-corrected chi connectivity index (χ2v) is 8.88. The lowest BCUT2D eigenvalue weighted by Crippen LogP contribution is -2.22. The van der Waals surface area contributed by atoms with E-state index in [1.165, 1.54) is 6.07 Å². The summed E-state index contributed by atoms with van der Waals surface area (Å²) in [7, 11) is 0. The molecule has 1 aromatic carbocycles. The highest BCUT2D eigenvalue weighted by Crippen LogP contribution is 2.33. The fraction of sp³-hybridized carbons (Fsp3) is 0.440. The summed E-state index contributed by atoms with van der Waals surface area (Å²) in [5, 5.41) is 0.760. The van der Waals surface area contributed by atoms with Gasteiger partial charge in [0.1, 0.15) is 5.75 Å². The molecule has 4 nitrogen and oxygen atoms in total. The van der Waals surface area contributed by atoms with Crippen molar-refractivity contribution in [2.24, 2.45) is 0 Å². The standard InChI is InChI=1S/C25H30F3N3OS/c1-3-31(4-2)18-20-9-10-21(17-30-20)32-14-6-5-7-15-33-24-12-13-29-23-16-19(25(26,27)28)8-11-22(23)24/h8-13,16-17H,3-7,14-15,18H2,1-2H3. The Morgan fingerprint density at radius 1 is 0.970 bits per heavy atom. The van der Waals surface area contributed by atoms with E-state index in [1.807, 2.05) is 18.2 Å². The summed E-state index contributed by atoms with van der Waals surface area (Å²) >= 11 is 1.65. The first-order valence-electron chi connectivity index (χ1n) is 11.3. The first-order chi connectivity index (χ1) is 15.9. The van der Waals surface area contributed by atoms with Crippen molar-refractivity contribution in [3.8, 4) is 5.75 Å². The fourth-order valence-electron chi connectivity index (χ4n) is 3.44. The smallest absolute Gasteiger partial charge is 0.416 e. The van der Waals surface area contributed by atoms with Crippen LogP contribution in [0.25, 0.3) is 10.9 Å². The van der Waals surface area contributed by atoms with Crippen LogP contribution in [0.2, 0.25) is 0 Å². The molecule has 33 heavy (non-hydrogen) atoms. The minimum atomic E-state index is -4.36. The third-order valence-corrected chi connectivity index (χ3v) is 6.58. The molecule has 0 saturated carbocycles. The van der Waals surface area contributed by atoms with Crippen LogP contribution in [0.3, 0.4) is 0 Å². The van der Waals surface area contributed by atoms with E-state index in [0.29, 0.717) is 12.1 Å². The molecule has 3 aromatic rings. The lowest BCUT2D eigenvalue weighted by Gasteiger charge is -2.17. The van der Waals surface area contributed by atoms with Crippen molar-refractivity contribution in [2.75, 3.05) is 25.4 Å². The number of fused-ring (bicyclic) bond motifs is 1. The van der Waals surface area contributed by atoms with E-state index in [-0.39, 0.29) is 0 Å². The number of ether oxygens (including phenoxy) is 1. The number of rotatable bonds is 12. The Kier molecular flexibility index (Phi) is 9.38. The highest BCUT2D eigenvalue weighted by Gasteiger charge is 2.30. The van der Waals surface area contributed by atoms with Crippen molar-refractivity contribution in [3.05, 3.63) is 60.0 Å². The maximum absolute atomic E-state index is 12.9. The van der Waals surface area contributed by atoms with Crippen LogP contribution in [-0.4, -0.2) is 40.3 Å². The number of pyridine rings is 2. The van der Waals surface area contributed by atoms with Gasteiger partial charge in [-0.3, -0.25) is 14.9 Å². The second kappa shape index (κ2) is 12.2. The molecule has 0 fully saturated rings. The molecule has 0 spiro atoms. The van der Waals surface area contributed by atoms with E-state index >= 15 is 0 Å². The molecule has 0 aliphatic rings. The zero-order chi connectivity index (χ0) is 23.7. The molecule has 0 amide bonds. The summed E-state index contributed by atoms with van der Waals surface area (Å²) in [6.07, 6.45) is 1.95. The summed E-state index contributed by atoms with van der Waals surface area (Å²) in [6, 6.07) is 9.60. The van der Waals surface area contributed by atoms with E-state index in [4.69, 9.17) is 4.74 Å². The van der Waals surface area contributed by atoms with Crippen LogP contribution in [0.5, 0.6) is 5.75 Å². The first kappa shape index (κ1) is 25.3. The lowest BCUT2D eigenvalue weighted by atomic mass is 10.1. The molecule has 0 N–H and O–H groups in total. The minimum Gasteiger partial charge on any atom is -0.492 e. The summed E-state index contributed by atoms with van der Waals surface area (Å²) in [4.78, 5) is 11.9. The van der Waals surface area contributed by atoms with Crippen LogP contribution in [0.15, 0.2) is 53.7 Å². The van der Waals surface area contributed by atoms with Crippen molar-refractivity contribution in [1.82, 2.24) is 14.9 Å². The number of aromatic nitrogens is 2. The Morgan fingerprint density at radius 3 is 2.48 bits per heavy atom. The quantitative estimate of drug-likeness (QED) is 0.211. The summed E-state index contributed by atoms with van der Waals surface area (Å²) < 4.78 is 44.5. The van der Waals surface area contributed by atoms with Gasteiger partial charge in [0.05, 0.1) is 29.6 Å². The number of hydrogen-bond donors (Lipinski definition) is 0. The third kappa shape index (κ3) is 7.61. The number of halogens is 3.